The molecule has 6 N–H and O–H groups in total. The molecular formula is C23H27F3N2O7S. The molecule has 1 aliphatic rings. The van der Waals surface area contributed by atoms with Crippen molar-refractivity contribution in [3.8, 4) is 0 Å². The van der Waals surface area contributed by atoms with E-state index >= 15 is 0 Å². The highest BCUT2D eigenvalue weighted by Crippen LogP contribution is 2.36. The Morgan fingerprint density at radius 2 is 1.72 bits per heavy atom. The number of ether oxygens (including phenoxy) is 1. The lowest BCUT2D eigenvalue weighted by Crippen LogP contribution is -2.21. The van der Waals surface area contributed by atoms with Gasteiger partial charge in [0.05, 0.1) is 12.2 Å². The average Bonchev–Trinajstić information content (AvgIpc) is 3.18. The van der Waals surface area contributed by atoms with Gasteiger partial charge in [0.15, 0.2) is 0 Å². The van der Waals surface area contributed by atoms with Gasteiger partial charge in [-0.15, -0.1) is 11.3 Å². The summed E-state index contributed by atoms with van der Waals surface area (Å²) in [6.45, 7) is 4.21. The minimum atomic E-state index is -5.08. The molecule has 0 bridgehead atoms. The largest absolute Gasteiger partial charge is 0.490 e. The van der Waals surface area contributed by atoms with Crippen LogP contribution in [0, 0.1) is 5.92 Å². The van der Waals surface area contributed by atoms with E-state index in [2.05, 4.69) is 6.92 Å². The monoisotopic (exact) mass is 532 g/mol. The van der Waals surface area contributed by atoms with Gasteiger partial charge in [-0.1, -0.05) is 37.3 Å². The lowest BCUT2D eigenvalue weighted by molar-refractivity contribution is -0.192. The van der Waals surface area contributed by atoms with Crippen LogP contribution in [0.1, 0.15) is 62.3 Å². The van der Waals surface area contributed by atoms with Crippen molar-refractivity contribution in [2.45, 2.75) is 45.3 Å². The molecule has 0 aliphatic heterocycles. The fraction of sp³-hybridized carbons (Fsp3) is 0.391. The Balaban J connectivity index is 0.000000306. The van der Waals surface area contributed by atoms with Crippen molar-refractivity contribution in [1.82, 2.24) is 0 Å². The third kappa shape index (κ3) is 8.96. The molecule has 36 heavy (non-hydrogen) atoms. The molecule has 2 atom stereocenters. The molecule has 0 radical (unpaired) electrons. The SMILES string of the molecule is CCOC(=O)c1c(C(N)=O)sc2c1CC(C)CC2.N[C@H](C(=O)O)c1ccccc1.O=C(O)C(F)(F)F. The topological polar surface area (TPSA) is 170 Å². The number of fused-ring (bicyclic) bond motifs is 1. The number of alkyl halides is 3. The Kier molecular flexibility index (Phi) is 11.5. The van der Waals surface area contributed by atoms with Crippen molar-refractivity contribution < 1.29 is 47.3 Å². The number of carboxylic acids is 2. The molecule has 1 unspecified atom stereocenters. The average molecular weight is 533 g/mol. The van der Waals surface area contributed by atoms with Gasteiger partial charge in [-0.2, -0.15) is 13.2 Å². The molecule has 1 aliphatic carbocycles. The molecule has 198 valence electrons. The second kappa shape index (κ2) is 13.6. The number of nitrogens with two attached hydrogens (primary N) is 2. The Morgan fingerprint density at radius 1 is 1.17 bits per heavy atom. The first-order chi connectivity index (χ1) is 16.7. The molecule has 0 saturated carbocycles. The number of thiophene rings is 1. The number of esters is 1. The highest BCUT2D eigenvalue weighted by molar-refractivity contribution is 7.14. The van der Waals surface area contributed by atoms with Gasteiger partial charge in [0, 0.05) is 4.88 Å². The van der Waals surface area contributed by atoms with Crippen LogP contribution in [-0.2, 0) is 27.2 Å². The summed E-state index contributed by atoms with van der Waals surface area (Å²) in [7, 11) is 0. The summed E-state index contributed by atoms with van der Waals surface area (Å²) in [5, 5.41) is 15.6. The van der Waals surface area contributed by atoms with Crippen LogP contribution in [0.25, 0.3) is 0 Å². The predicted molar refractivity (Wildman–Crippen MR) is 125 cm³/mol. The van der Waals surface area contributed by atoms with Crippen molar-refractivity contribution in [3.63, 3.8) is 0 Å². The van der Waals surface area contributed by atoms with Gasteiger partial charge in [0.1, 0.15) is 10.9 Å². The van der Waals surface area contributed by atoms with E-state index in [1.807, 2.05) is 6.07 Å². The lowest BCUT2D eigenvalue weighted by atomic mass is 9.87. The molecule has 1 aromatic carbocycles. The molecule has 1 aromatic heterocycles. The quantitative estimate of drug-likeness (QED) is 0.424. The maximum atomic E-state index is 12.0. The Bertz CT molecular complexity index is 1070. The number of aryl methyl sites for hydroxylation is 1. The third-order valence-electron chi connectivity index (χ3n) is 4.88. The predicted octanol–water partition coefficient (Wildman–Crippen LogP) is 3.55. The first kappa shape index (κ1) is 30.6. The smallest absolute Gasteiger partial charge is 0.480 e. The maximum Gasteiger partial charge on any atom is 0.490 e. The number of hydrogen-bond acceptors (Lipinski definition) is 7. The second-order valence-corrected chi connectivity index (χ2v) is 8.78. The number of benzene rings is 1. The van der Waals surface area contributed by atoms with Crippen LogP contribution < -0.4 is 11.5 Å². The van der Waals surface area contributed by atoms with Crippen molar-refractivity contribution >= 4 is 35.2 Å². The van der Waals surface area contributed by atoms with Gasteiger partial charge >= 0.3 is 24.1 Å². The number of carboxylic acid groups (broad SMARTS) is 2. The number of aliphatic carboxylic acids is 2. The zero-order chi connectivity index (χ0) is 27.6. The molecule has 1 amide bonds. The van der Waals surface area contributed by atoms with Crippen LogP contribution in [-0.4, -0.2) is 46.8 Å². The van der Waals surface area contributed by atoms with E-state index in [0.29, 0.717) is 28.5 Å². The highest BCUT2D eigenvalue weighted by Gasteiger charge is 2.38. The molecule has 0 fully saturated rings. The number of rotatable bonds is 5. The summed E-state index contributed by atoms with van der Waals surface area (Å²) in [5.74, 6) is -4.19. The Hall–Kier alpha value is -3.45. The summed E-state index contributed by atoms with van der Waals surface area (Å²) >= 11 is 1.35. The number of primary amides is 1. The van der Waals surface area contributed by atoms with Crippen LogP contribution >= 0.6 is 11.3 Å². The van der Waals surface area contributed by atoms with Gasteiger partial charge in [0.2, 0.25) is 0 Å². The van der Waals surface area contributed by atoms with E-state index in [1.165, 1.54) is 11.3 Å². The summed E-state index contributed by atoms with van der Waals surface area (Å²) in [6.07, 6.45) is -2.25. The van der Waals surface area contributed by atoms with Crippen molar-refractivity contribution in [2.24, 2.45) is 17.4 Å². The van der Waals surface area contributed by atoms with E-state index in [1.54, 1.807) is 31.2 Å². The van der Waals surface area contributed by atoms with Crippen LogP contribution in [0.3, 0.4) is 0 Å². The molecular weight excluding hydrogens is 505 g/mol. The zero-order valence-corrected chi connectivity index (χ0v) is 20.3. The number of halogens is 3. The van der Waals surface area contributed by atoms with Crippen LogP contribution in [0.2, 0.25) is 0 Å². The van der Waals surface area contributed by atoms with E-state index in [0.717, 1.165) is 29.7 Å². The second-order valence-electron chi connectivity index (χ2n) is 7.67. The molecule has 2 aromatic rings. The Labute approximate surface area is 208 Å². The maximum absolute atomic E-state index is 12.0. The molecule has 0 spiro atoms. The molecule has 13 heteroatoms. The third-order valence-corrected chi connectivity index (χ3v) is 6.18. The van der Waals surface area contributed by atoms with Crippen molar-refractivity contribution in [1.29, 1.82) is 0 Å². The standard InChI is InChI=1S/C13H17NO3S.C8H9NO2.C2HF3O2/c1-3-17-13(16)10-8-6-7(2)4-5-9(8)18-11(10)12(14)15;9-7(8(10)11)6-4-2-1-3-5-6;3-2(4,5)1(6)7/h7H,3-6H2,1-2H3,(H2,14,15);1-5,7H,9H2,(H,10,11);(H,6,7)/t;7-;/m.0./s1. The number of carbonyl (C=O) groups excluding carboxylic acids is 2. The number of amides is 1. The minimum Gasteiger partial charge on any atom is -0.480 e. The van der Waals surface area contributed by atoms with Crippen LogP contribution in [0.15, 0.2) is 30.3 Å². The summed E-state index contributed by atoms with van der Waals surface area (Å²) in [4.78, 5) is 44.2. The minimum absolute atomic E-state index is 0.303. The van der Waals surface area contributed by atoms with Gasteiger partial charge in [-0.05, 0) is 43.2 Å². The fourth-order valence-corrected chi connectivity index (χ4v) is 4.34. The Morgan fingerprint density at radius 3 is 2.17 bits per heavy atom. The number of hydrogen-bond donors (Lipinski definition) is 4. The van der Waals surface area contributed by atoms with Crippen LogP contribution in [0.4, 0.5) is 13.2 Å². The van der Waals surface area contributed by atoms with E-state index < -0.39 is 36.0 Å². The molecule has 1 heterocycles. The van der Waals surface area contributed by atoms with Crippen LogP contribution in [0.5, 0.6) is 0 Å². The van der Waals surface area contributed by atoms with E-state index in [-0.39, 0.29) is 0 Å². The van der Waals surface area contributed by atoms with E-state index in [4.69, 9.17) is 31.2 Å². The number of carbonyl (C=O) groups is 4. The summed E-state index contributed by atoms with van der Waals surface area (Å²) in [6, 6.07) is 7.82. The van der Waals surface area contributed by atoms with Gasteiger partial charge < -0.3 is 26.4 Å². The van der Waals surface area contributed by atoms with E-state index in [9.17, 15) is 27.6 Å². The molecule has 3 rings (SSSR count). The van der Waals surface area contributed by atoms with Gasteiger partial charge in [-0.3, -0.25) is 9.59 Å². The van der Waals surface area contributed by atoms with Gasteiger partial charge in [0.25, 0.3) is 5.91 Å². The molecule has 0 saturated heterocycles. The van der Waals surface area contributed by atoms with Crippen molar-refractivity contribution in [3.05, 3.63) is 56.8 Å². The first-order valence-electron chi connectivity index (χ1n) is 10.6. The van der Waals surface area contributed by atoms with Gasteiger partial charge in [-0.25, -0.2) is 9.59 Å². The molecule has 9 nitrogen and oxygen atoms in total. The fourth-order valence-electron chi connectivity index (χ4n) is 3.15. The highest BCUT2D eigenvalue weighted by atomic mass is 32.1. The lowest BCUT2D eigenvalue weighted by Gasteiger charge is -2.18. The van der Waals surface area contributed by atoms with Crippen molar-refractivity contribution in [2.75, 3.05) is 6.61 Å². The summed E-state index contributed by atoms with van der Waals surface area (Å²) in [5.41, 5.74) is 12.7. The zero-order valence-electron chi connectivity index (χ0n) is 19.5. The normalized spacial score (nSPS) is 15.1. The first-order valence-corrected chi connectivity index (χ1v) is 11.5. The summed E-state index contributed by atoms with van der Waals surface area (Å²) < 4.78 is 36.8.